The maximum Gasteiger partial charge on any atom is 0.240 e. The van der Waals surface area contributed by atoms with Crippen LogP contribution in [0, 0.1) is 6.92 Å². The molecule has 0 spiro atoms. The molecule has 2 N–H and O–H groups in total. The second-order valence-electron chi connectivity index (χ2n) is 4.66. The summed E-state index contributed by atoms with van der Waals surface area (Å²) in [6.45, 7) is 3.07. The third-order valence-corrected chi connectivity index (χ3v) is 5.44. The summed E-state index contributed by atoms with van der Waals surface area (Å²) in [4.78, 5) is 0.103. The molecule has 0 aromatic heterocycles. The fraction of sp³-hybridized carbons (Fsp3) is 0.500. The van der Waals surface area contributed by atoms with E-state index < -0.39 is 10.0 Å². The van der Waals surface area contributed by atoms with Crippen LogP contribution in [0.15, 0.2) is 17.0 Å². The number of hydrogen-bond donors (Lipinski definition) is 2. The molecule has 1 atom stereocenters. The summed E-state index contributed by atoms with van der Waals surface area (Å²) in [5.74, 6) is 0. The van der Waals surface area contributed by atoms with Crippen molar-refractivity contribution in [1.29, 1.82) is 0 Å². The van der Waals surface area contributed by atoms with E-state index in [0.29, 0.717) is 22.2 Å². The average molecular weight is 323 g/mol. The first-order valence-electron chi connectivity index (χ1n) is 6.09. The van der Waals surface area contributed by atoms with E-state index in [1.807, 2.05) is 0 Å². The fourth-order valence-corrected chi connectivity index (χ4v) is 3.75. The zero-order chi connectivity index (χ0) is 14.0. The summed E-state index contributed by atoms with van der Waals surface area (Å²) in [6.07, 6.45) is 2.06. The number of rotatable bonds is 4. The molecule has 1 unspecified atom stereocenters. The van der Waals surface area contributed by atoms with Crippen molar-refractivity contribution in [2.75, 3.05) is 13.1 Å². The Morgan fingerprint density at radius 1 is 1.37 bits per heavy atom. The zero-order valence-corrected chi connectivity index (χ0v) is 12.9. The molecule has 0 saturated carbocycles. The van der Waals surface area contributed by atoms with Gasteiger partial charge in [0.25, 0.3) is 0 Å². The molecule has 0 bridgehead atoms. The highest BCUT2D eigenvalue weighted by Gasteiger charge is 2.20. The minimum Gasteiger partial charge on any atom is -0.313 e. The molecule has 19 heavy (non-hydrogen) atoms. The normalized spacial score (nSPS) is 19.8. The molecule has 1 aliphatic rings. The molecule has 1 saturated heterocycles. The van der Waals surface area contributed by atoms with Crippen LogP contribution in [0.1, 0.15) is 18.4 Å². The predicted octanol–water partition coefficient (Wildman–Crippen LogP) is 2.33. The van der Waals surface area contributed by atoms with Gasteiger partial charge in [0.15, 0.2) is 0 Å². The van der Waals surface area contributed by atoms with Crippen LogP contribution < -0.4 is 10.0 Å². The Kier molecular flexibility index (Phi) is 4.74. The molecule has 1 aromatic carbocycles. The van der Waals surface area contributed by atoms with Crippen molar-refractivity contribution in [1.82, 2.24) is 10.0 Å². The van der Waals surface area contributed by atoms with E-state index in [-0.39, 0.29) is 10.9 Å². The summed E-state index contributed by atoms with van der Waals surface area (Å²) in [6, 6.07) is 3.05. The summed E-state index contributed by atoms with van der Waals surface area (Å²) in [7, 11) is -3.57. The van der Waals surface area contributed by atoms with Gasteiger partial charge < -0.3 is 5.32 Å². The zero-order valence-electron chi connectivity index (χ0n) is 10.5. The first-order valence-corrected chi connectivity index (χ1v) is 8.33. The van der Waals surface area contributed by atoms with Gasteiger partial charge in [-0.25, -0.2) is 13.1 Å². The fourth-order valence-electron chi connectivity index (χ4n) is 2.00. The largest absolute Gasteiger partial charge is 0.313 e. The van der Waals surface area contributed by atoms with Gasteiger partial charge in [-0.2, -0.15) is 0 Å². The standard InChI is InChI=1S/C12H16Cl2N2O2S/c1-8-11(13)5-10(6-12(8)14)19(17,18)16-7-9-3-2-4-15-9/h5-6,9,15-16H,2-4,7H2,1H3. The van der Waals surface area contributed by atoms with Crippen molar-refractivity contribution in [3.63, 3.8) is 0 Å². The van der Waals surface area contributed by atoms with Gasteiger partial charge in [0.2, 0.25) is 10.0 Å². The van der Waals surface area contributed by atoms with Gasteiger partial charge in [0.1, 0.15) is 0 Å². The lowest BCUT2D eigenvalue weighted by Gasteiger charge is -2.13. The highest BCUT2D eigenvalue weighted by molar-refractivity contribution is 7.89. The van der Waals surface area contributed by atoms with Crippen molar-refractivity contribution >= 4 is 33.2 Å². The smallest absolute Gasteiger partial charge is 0.240 e. The van der Waals surface area contributed by atoms with E-state index in [2.05, 4.69) is 10.0 Å². The highest BCUT2D eigenvalue weighted by Crippen LogP contribution is 2.27. The minimum absolute atomic E-state index is 0.103. The van der Waals surface area contributed by atoms with Gasteiger partial charge in [-0.15, -0.1) is 0 Å². The lowest BCUT2D eigenvalue weighted by molar-refractivity contribution is 0.552. The Hall–Kier alpha value is -0.330. The van der Waals surface area contributed by atoms with Crippen LogP contribution >= 0.6 is 23.2 Å². The molecule has 2 rings (SSSR count). The number of halogens is 2. The van der Waals surface area contributed by atoms with Gasteiger partial charge in [-0.3, -0.25) is 0 Å². The third kappa shape index (κ3) is 3.61. The molecule has 0 radical (unpaired) electrons. The molecule has 1 aromatic rings. The lowest BCUT2D eigenvalue weighted by Crippen LogP contribution is -2.37. The average Bonchev–Trinajstić information content (AvgIpc) is 2.86. The summed E-state index contributed by atoms with van der Waals surface area (Å²) < 4.78 is 26.9. The molecule has 0 amide bonds. The Morgan fingerprint density at radius 3 is 2.53 bits per heavy atom. The maximum atomic E-state index is 12.1. The highest BCUT2D eigenvalue weighted by atomic mass is 35.5. The molecule has 4 nitrogen and oxygen atoms in total. The molecule has 1 aliphatic heterocycles. The van der Waals surface area contributed by atoms with Crippen LogP contribution in [0.5, 0.6) is 0 Å². The number of nitrogens with one attached hydrogen (secondary N) is 2. The Balaban J connectivity index is 2.14. The lowest BCUT2D eigenvalue weighted by atomic mass is 10.2. The van der Waals surface area contributed by atoms with Crippen molar-refractivity contribution < 1.29 is 8.42 Å². The predicted molar refractivity (Wildman–Crippen MR) is 77.4 cm³/mol. The van der Waals surface area contributed by atoms with Crippen LogP contribution in [0.25, 0.3) is 0 Å². The first-order chi connectivity index (χ1) is 8.90. The Labute approximate surface area is 123 Å². The second-order valence-corrected chi connectivity index (χ2v) is 7.24. The quantitative estimate of drug-likeness (QED) is 0.894. The van der Waals surface area contributed by atoms with Crippen LogP contribution in [0.4, 0.5) is 0 Å². The topological polar surface area (TPSA) is 58.2 Å². The molecular weight excluding hydrogens is 307 g/mol. The van der Waals surface area contributed by atoms with Crippen LogP contribution in [0.2, 0.25) is 10.0 Å². The van der Waals surface area contributed by atoms with Crippen molar-refractivity contribution in [2.45, 2.75) is 30.7 Å². The van der Waals surface area contributed by atoms with Gasteiger partial charge in [-0.05, 0) is 44.0 Å². The number of sulfonamides is 1. The van der Waals surface area contributed by atoms with E-state index in [9.17, 15) is 8.42 Å². The molecule has 1 heterocycles. The molecule has 106 valence electrons. The van der Waals surface area contributed by atoms with Crippen LogP contribution in [-0.2, 0) is 10.0 Å². The van der Waals surface area contributed by atoms with Gasteiger partial charge in [0.05, 0.1) is 4.90 Å². The summed E-state index contributed by atoms with van der Waals surface area (Å²) in [5, 5.41) is 3.94. The van der Waals surface area contributed by atoms with E-state index in [4.69, 9.17) is 23.2 Å². The van der Waals surface area contributed by atoms with Gasteiger partial charge in [-0.1, -0.05) is 23.2 Å². The number of benzene rings is 1. The van der Waals surface area contributed by atoms with Crippen LogP contribution in [0.3, 0.4) is 0 Å². The molecule has 7 heteroatoms. The second kappa shape index (κ2) is 5.97. The van der Waals surface area contributed by atoms with Crippen molar-refractivity contribution in [3.05, 3.63) is 27.7 Å². The Bertz CT molecular complexity index is 546. The SMILES string of the molecule is Cc1c(Cl)cc(S(=O)(=O)NCC2CCCN2)cc1Cl. The van der Waals surface area contributed by atoms with E-state index in [0.717, 1.165) is 19.4 Å². The van der Waals surface area contributed by atoms with E-state index >= 15 is 0 Å². The van der Waals surface area contributed by atoms with Gasteiger partial charge >= 0.3 is 0 Å². The van der Waals surface area contributed by atoms with E-state index in [1.54, 1.807) is 6.92 Å². The molecule has 0 aliphatic carbocycles. The summed E-state index contributed by atoms with van der Waals surface area (Å²) in [5.41, 5.74) is 0.680. The first kappa shape index (κ1) is 15.1. The summed E-state index contributed by atoms with van der Waals surface area (Å²) >= 11 is 11.9. The third-order valence-electron chi connectivity index (χ3n) is 3.25. The molecule has 1 fully saturated rings. The van der Waals surface area contributed by atoms with E-state index in [1.165, 1.54) is 12.1 Å². The van der Waals surface area contributed by atoms with Crippen LogP contribution in [-0.4, -0.2) is 27.5 Å². The molecular formula is C12H16Cl2N2O2S. The Morgan fingerprint density at radius 2 is 2.00 bits per heavy atom. The van der Waals surface area contributed by atoms with Crippen molar-refractivity contribution in [2.24, 2.45) is 0 Å². The number of hydrogen-bond acceptors (Lipinski definition) is 3. The van der Waals surface area contributed by atoms with Crippen molar-refractivity contribution in [3.8, 4) is 0 Å². The monoisotopic (exact) mass is 322 g/mol. The minimum atomic E-state index is -3.57. The van der Waals surface area contributed by atoms with Gasteiger partial charge in [0, 0.05) is 22.6 Å². The maximum absolute atomic E-state index is 12.1.